The number of imidazole rings is 1. The van der Waals surface area contributed by atoms with Gasteiger partial charge >= 0.3 is 0 Å². The maximum atomic E-state index is 12.4. The number of hydrogen-bond donors (Lipinski definition) is 1. The number of carbonyl (C=O) groups is 1. The molecule has 5 nitrogen and oxygen atoms in total. The minimum atomic E-state index is -0.241. The van der Waals surface area contributed by atoms with E-state index in [1.807, 2.05) is 22.9 Å². The van der Waals surface area contributed by atoms with E-state index in [1.165, 1.54) is 22.5 Å². The molecule has 0 radical (unpaired) electrons. The van der Waals surface area contributed by atoms with Crippen LogP contribution in [0, 0.1) is 20.8 Å². The highest BCUT2D eigenvalue weighted by atomic mass is 32.1. The Balaban J connectivity index is 1.54. The van der Waals surface area contributed by atoms with Crippen molar-refractivity contribution in [2.45, 2.75) is 20.8 Å². The molecule has 126 valence electrons. The summed E-state index contributed by atoms with van der Waals surface area (Å²) in [7, 11) is 0. The molecule has 0 atom stereocenters. The highest BCUT2D eigenvalue weighted by molar-refractivity contribution is 7.17. The first kappa shape index (κ1) is 16.0. The minimum Gasteiger partial charge on any atom is -0.297 e. The number of nitrogens with zero attached hydrogens (tertiary/aromatic N) is 3. The number of nitrogens with one attached hydrogen (secondary N) is 1. The Morgan fingerprint density at radius 1 is 1.12 bits per heavy atom. The summed E-state index contributed by atoms with van der Waals surface area (Å²) in [5.41, 5.74) is 4.80. The number of hydrogen-bond acceptors (Lipinski definition) is 5. The van der Waals surface area contributed by atoms with Crippen molar-refractivity contribution >= 4 is 38.7 Å². The summed E-state index contributed by atoms with van der Waals surface area (Å²) in [5.74, 6) is -0.241. The fourth-order valence-corrected chi connectivity index (χ4v) is 4.07. The Morgan fingerprint density at radius 3 is 2.72 bits per heavy atom. The molecule has 0 aliphatic heterocycles. The number of carbonyl (C=O) groups excluding carboxylic acids is 1. The zero-order valence-electron chi connectivity index (χ0n) is 14.0. The molecule has 3 aromatic heterocycles. The normalized spacial score (nSPS) is 11.2. The van der Waals surface area contributed by atoms with Gasteiger partial charge in [0.2, 0.25) is 0 Å². The standard InChI is InChI=1S/C18H16N4OS2/c1-10-4-5-13(6-11(10)2)15-9-24-17(19-15)21-16(23)14-8-22-7-12(3)25-18(22)20-14/h4-9H,1-3H3,(H,19,21,23). The van der Waals surface area contributed by atoms with E-state index >= 15 is 0 Å². The van der Waals surface area contributed by atoms with E-state index in [0.29, 0.717) is 10.8 Å². The van der Waals surface area contributed by atoms with Crippen molar-refractivity contribution in [1.29, 1.82) is 0 Å². The van der Waals surface area contributed by atoms with Crippen molar-refractivity contribution in [3.63, 3.8) is 0 Å². The molecular weight excluding hydrogens is 352 g/mol. The monoisotopic (exact) mass is 368 g/mol. The van der Waals surface area contributed by atoms with Gasteiger partial charge in [-0.1, -0.05) is 12.1 Å². The van der Waals surface area contributed by atoms with Crippen LogP contribution in [0.2, 0.25) is 0 Å². The Bertz CT molecular complexity index is 1060. The molecule has 4 aromatic rings. The van der Waals surface area contributed by atoms with Crippen molar-refractivity contribution in [3.8, 4) is 11.3 Å². The van der Waals surface area contributed by atoms with Gasteiger partial charge in [0.15, 0.2) is 10.1 Å². The molecule has 0 unspecified atom stereocenters. The Morgan fingerprint density at radius 2 is 1.96 bits per heavy atom. The van der Waals surface area contributed by atoms with Gasteiger partial charge in [0.1, 0.15) is 5.69 Å². The summed E-state index contributed by atoms with van der Waals surface area (Å²) in [6.45, 7) is 6.19. The highest BCUT2D eigenvalue weighted by Gasteiger charge is 2.14. The molecule has 7 heteroatoms. The van der Waals surface area contributed by atoms with Gasteiger partial charge in [0.05, 0.1) is 5.69 Å². The van der Waals surface area contributed by atoms with Crippen LogP contribution in [0.15, 0.2) is 36.0 Å². The lowest BCUT2D eigenvalue weighted by atomic mass is 10.1. The predicted molar refractivity (Wildman–Crippen MR) is 103 cm³/mol. The molecule has 0 saturated heterocycles. The van der Waals surface area contributed by atoms with Gasteiger partial charge in [-0.3, -0.25) is 14.5 Å². The Kier molecular flexibility index (Phi) is 3.89. The highest BCUT2D eigenvalue weighted by Crippen LogP contribution is 2.27. The van der Waals surface area contributed by atoms with Gasteiger partial charge < -0.3 is 0 Å². The fourth-order valence-electron chi connectivity index (χ4n) is 2.55. The van der Waals surface area contributed by atoms with Crippen LogP contribution in [0.25, 0.3) is 16.2 Å². The maximum Gasteiger partial charge on any atom is 0.277 e. The number of benzene rings is 1. The van der Waals surface area contributed by atoms with Crippen LogP contribution < -0.4 is 5.32 Å². The van der Waals surface area contributed by atoms with Crippen LogP contribution in [0.1, 0.15) is 26.5 Å². The SMILES string of the molecule is Cc1cn2cc(C(=O)Nc3nc(-c4ccc(C)c(C)c4)cs3)nc2s1. The minimum absolute atomic E-state index is 0.241. The van der Waals surface area contributed by atoms with Crippen LogP contribution in [-0.2, 0) is 0 Å². The molecule has 0 bridgehead atoms. The molecule has 3 heterocycles. The fraction of sp³-hybridized carbons (Fsp3) is 0.167. The zero-order chi connectivity index (χ0) is 17.6. The smallest absolute Gasteiger partial charge is 0.277 e. The summed E-state index contributed by atoms with van der Waals surface area (Å²) < 4.78 is 1.87. The first-order chi connectivity index (χ1) is 12.0. The van der Waals surface area contributed by atoms with E-state index in [4.69, 9.17) is 0 Å². The first-order valence-corrected chi connectivity index (χ1v) is 9.49. The summed E-state index contributed by atoms with van der Waals surface area (Å²) in [6.07, 6.45) is 3.71. The van der Waals surface area contributed by atoms with E-state index in [1.54, 1.807) is 17.5 Å². The molecule has 0 fully saturated rings. The second-order valence-electron chi connectivity index (χ2n) is 5.95. The number of aromatic nitrogens is 3. The van der Waals surface area contributed by atoms with Crippen molar-refractivity contribution in [2.75, 3.05) is 5.32 Å². The summed E-state index contributed by atoms with van der Waals surface area (Å²) >= 11 is 2.97. The summed E-state index contributed by atoms with van der Waals surface area (Å²) in [5, 5.41) is 5.36. The third kappa shape index (κ3) is 3.08. The van der Waals surface area contributed by atoms with Crippen molar-refractivity contribution in [3.05, 3.63) is 57.7 Å². The molecule has 25 heavy (non-hydrogen) atoms. The van der Waals surface area contributed by atoms with Gasteiger partial charge in [0, 0.05) is 28.2 Å². The summed E-state index contributed by atoms with van der Waals surface area (Å²) in [4.78, 5) is 23.3. The van der Waals surface area contributed by atoms with Gasteiger partial charge in [-0.2, -0.15) is 0 Å². The second kappa shape index (κ2) is 6.09. The topological polar surface area (TPSA) is 59.3 Å². The van der Waals surface area contributed by atoms with E-state index in [0.717, 1.165) is 21.1 Å². The third-order valence-corrected chi connectivity index (χ3v) is 5.70. The number of anilines is 1. The van der Waals surface area contributed by atoms with E-state index in [9.17, 15) is 4.79 Å². The molecule has 0 aliphatic rings. The lowest BCUT2D eigenvalue weighted by molar-refractivity contribution is 0.102. The van der Waals surface area contributed by atoms with E-state index in [-0.39, 0.29) is 5.91 Å². The number of aryl methyl sites for hydroxylation is 3. The number of amides is 1. The van der Waals surface area contributed by atoms with Crippen LogP contribution in [0.3, 0.4) is 0 Å². The molecule has 0 saturated carbocycles. The van der Waals surface area contributed by atoms with E-state index < -0.39 is 0 Å². The molecule has 1 amide bonds. The quantitative estimate of drug-likeness (QED) is 0.570. The van der Waals surface area contributed by atoms with Crippen molar-refractivity contribution in [2.24, 2.45) is 0 Å². The average molecular weight is 368 g/mol. The van der Waals surface area contributed by atoms with Crippen LogP contribution >= 0.6 is 22.7 Å². The molecule has 1 aromatic carbocycles. The molecular formula is C18H16N4OS2. The molecule has 1 N–H and O–H groups in total. The predicted octanol–water partition coefficient (Wildman–Crippen LogP) is 4.70. The van der Waals surface area contributed by atoms with Gasteiger partial charge in [-0.05, 0) is 38.0 Å². The van der Waals surface area contributed by atoms with Gasteiger partial charge in [-0.25, -0.2) is 9.97 Å². The van der Waals surface area contributed by atoms with Crippen molar-refractivity contribution in [1.82, 2.24) is 14.4 Å². The van der Waals surface area contributed by atoms with Crippen LogP contribution in [0.5, 0.6) is 0 Å². The van der Waals surface area contributed by atoms with Gasteiger partial charge in [-0.15, -0.1) is 22.7 Å². The zero-order valence-corrected chi connectivity index (χ0v) is 15.7. The number of fused-ring (bicyclic) bond motifs is 1. The van der Waals surface area contributed by atoms with E-state index in [2.05, 4.69) is 47.3 Å². The third-order valence-electron chi connectivity index (χ3n) is 4.03. The van der Waals surface area contributed by atoms with Crippen LogP contribution in [-0.4, -0.2) is 20.3 Å². The lowest BCUT2D eigenvalue weighted by Gasteiger charge is -2.02. The maximum absolute atomic E-state index is 12.4. The largest absolute Gasteiger partial charge is 0.297 e. The van der Waals surface area contributed by atoms with Crippen molar-refractivity contribution < 1.29 is 4.79 Å². The second-order valence-corrected chi connectivity index (χ2v) is 8.02. The number of rotatable bonds is 3. The average Bonchev–Trinajstić information content (AvgIpc) is 3.24. The van der Waals surface area contributed by atoms with Crippen LogP contribution in [0.4, 0.5) is 5.13 Å². The first-order valence-electron chi connectivity index (χ1n) is 7.79. The van der Waals surface area contributed by atoms with Gasteiger partial charge in [0.25, 0.3) is 5.91 Å². The Hall–Kier alpha value is -2.51. The number of thiazole rings is 2. The summed E-state index contributed by atoms with van der Waals surface area (Å²) in [6, 6.07) is 6.25. The Labute approximate surface area is 153 Å². The molecule has 4 rings (SSSR count). The molecule has 0 aliphatic carbocycles. The molecule has 0 spiro atoms. The lowest BCUT2D eigenvalue weighted by Crippen LogP contribution is -2.12.